The summed E-state index contributed by atoms with van der Waals surface area (Å²) < 4.78 is 19.0. The lowest BCUT2D eigenvalue weighted by molar-refractivity contribution is -0.141. The summed E-state index contributed by atoms with van der Waals surface area (Å²) in [4.78, 5) is 27.4. The number of amides is 2. The molecule has 0 aliphatic carbocycles. The van der Waals surface area contributed by atoms with E-state index in [9.17, 15) is 14.0 Å². The van der Waals surface area contributed by atoms with Gasteiger partial charge in [0.25, 0.3) is 0 Å². The van der Waals surface area contributed by atoms with Crippen molar-refractivity contribution in [2.45, 2.75) is 58.5 Å². The molecule has 0 aromatic heterocycles. The molecular weight excluding hydrogens is 395 g/mol. The summed E-state index contributed by atoms with van der Waals surface area (Å²) in [6.45, 7) is 5.23. The standard InChI is InChI=1S/C25H33FN2O3/c1-3-5-17-27-25(30)23(4-2)28(19-20-13-15-21(26)16-14-20)24(29)12-9-18-31-22-10-7-6-8-11-22/h6-8,10-11,13-16,23H,3-5,9,12,17-19H2,1-2H3,(H,27,30)/t23-/m1/s1. The smallest absolute Gasteiger partial charge is 0.242 e. The van der Waals surface area contributed by atoms with Crippen LogP contribution in [0.25, 0.3) is 0 Å². The van der Waals surface area contributed by atoms with E-state index in [-0.39, 0.29) is 30.6 Å². The van der Waals surface area contributed by atoms with Crippen LogP contribution in [-0.2, 0) is 16.1 Å². The molecule has 5 nitrogen and oxygen atoms in total. The molecular formula is C25H33FN2O3. The van der Waals surface area contributed by atoms with Crippen molar-refractivity contribution in [2.75, 3.05) is 13.2 Å². The van der Waals surface area contributed by atoms with E-state index >= 15 is 0 Å². The van der Waals surface area contributed by atoms with Crippen molar-refractivity contribution in [2.24, 2.45) is 0 Å². The maximum Gasteiger partial charge on any atom is 0.242 e. The molecule has 0 aliphatic rings. The Bertz CT molecular complexity index is 796. The van der Waals surface area contributed by atoms with Crippen LogP contribution >= 0.6 is 0 Å². The highest BCUT2D eigenvalue weighted by Crippen LogP contribution is 2.16. The number of nitrogens with zero attached hydrogens (tertiary/aromatic N) is 1. The van der Waals surface area contributed by atoms with E-state index < -0.39 is 6.04 Å². The summed E-state index contributed by atoms with van der Waals surface area (Å²) in [5, 5.41) is 2.94. The van der Waals surface area contributed by atoms with Crippen LogP contribution in [0, 0.1) is 5.82 Å². The van der Waals surface area contributed by atoms with Crippen LogP contribution in [-0.4, -0.2) is 35.9 Å². The van der Waals surface area contributed by atoms with Gasteiger partial charge in [0, 0.05) is 19.5 Å². The average molecular weight is 429 g/mol. The fraction of sp³-hybridized carbons (Fsp3) is 0.440. The molecule has 2 amide bonds. The van der Waals surface area contributed by atoms with Gasteiger partial charge in [-0.1, -0.05) is 50.6 Å². The van der Waals surface area contributed by atoms with Crippen molar-refractivity contribution in [1.82, 2.24) is 10.2 Å². The van der Waals surface area contributed by atoms with Crippen molar-refractivity contribution in [3.63, 3.8) is 0 Å². The van der Waals surface area contributed by atoms with Crippen LogP contribution in [0.15, 0.2) is 54.6 Å². The zero-order valence-electron chi connectivity index (χ0n) is 18.5. The van der Waals surface area contributed by atoms with Gasteiger partial charge in [0.05, 0.1) is 6.61 Å². The van der Waals surface area contributed by atoms with E-state index in [1.807, 2.05) is 37.3 Å². The molecule has 0 radical (unpaired) electrons. The van der Waals surface area contributed by atoms with E-state index in [0.29, 0.717) is 26.0 Å². The fourth-order valence-corrected chi connectivity index (χ4v) is 3.29. The van der Waals surface area contributed by atoms with Gasteiger partial charge in [0.1, 0.15) is 17.6 Å². The third kappa shape index (κ3) is 8.40. The van der Waals surface area contributed by atoms with E-state index in [0.717, 1.165) is 24.2 Å². The van der Waals surface area contributed by atoms with Crippen molar-refractivity contribution >= 4 is 11.8 Å². The first-order valence-corrected chi connectivity index (χ1v) is 11.0. The Labute approximate surface area is 184 Å². The minimum atomic E-state index is -0.565. The highest BCUT2D eigenvalue weighted by molar-refractivity contribution is 5.87. The number of unbranched alkanes of at least 4 members (excludes halogenated alkanes) is 1. The van der Waals surface area contributed by atoms with Crippen molar-refractivity contribution in [3.8, 4) is 5.75 Å². The van der Waals surface area contributed by atoms with E-state index in [2.05, 4.69) is 12.2 Å². The van der Waals surface area contributed by atoms with Gasteiger partial charge in [-0.2, -0.15) is 0 Å². The van der Waals surface area contributed by atoms with Gasteiger partial charge in [0.15, 0.2) is 0 Å². The molecule has 6 heteroatoms. The maximum atomic E-state index is 13.3. The summed E-state index contributed by atoms with van der Waals surface area (Å²) in [6.07, 6.45) is 3.20. The maximum absolute atomic E-state index is 13.3. The Morgan fingerprint density at radius 2 is 1.74 bits per heavy atom. The van der Waals surface area contributed by atoms with Crippen molar-refractivity contribution in [3.05, 3.63) is 66.0 Å². The molecule has 0 unspecified atom stereocenters. The third-order valence-electron chi connectivity index (χ3n) is 5.03. The van der Waals surface area contributed by atoms with Crippen LogP contribution in [0.5, 0.6) is 5.75 Å². The van der Waals surface area contributed by atoms with Gasteiger partial charge in [-0.25, -0.2) is 4.39 Å². The molecule has 0 spiro atoms. The lowest BCUT2D eigenvalue weighted by atomic mass is 10.1. The van der Waals surface area contributed by atoms with Gasteiger partial charge in [0.2, 0.25) is 11.8 Å². The van der Waals surface area contributed by atoms with E-state index in [4.69, 9.17) is 4.74 Å². The summed E-state index contributed by atoms with van der Waals surface area (Å²) >= 11 is 0. The quantitative estimate of drug-likeness (QED) is 0.470. The minimum absolute atomic E-state index is 0.113. The molecule has 1 N–H and O–H groups in total. The van der Waals surface area contributed by atoms with Crippen molar-refractivity contribution in [1.29, 1.82) is 0 Å². The number of ether oxygens (including phenoxy) is 1. The lowest BCUT2D eigenvalue weighted by Gasteiger charge is -2.30. The first kappa shape index (κ1) is 24.4. The van der Waals surface area contributed by atoms with Gasteiger partial charge in [-0.3, -0.25) is 9.59 Å². The molecule has 168 valence electrons. The summed E-state index contributed by atoms with van der Waals surface area (Å²) in [7, 11) is 0. The number of benzene rings is 2. The first-order valence-electron chi connectivity index (χ1n) is 11.0. The number of para-hydroxylation sites is 1. The second-order valence-electron chi connectivity index (χ2n) is 7.48. The number of carbonyl (C=O) groups excluding carboxylic acids is 2. The fourth-order valence-electron chi connectivity index (χ4n) is 3.29. The zero-order chi connectivity index (χ0) is 22.5. The molecule has 31 heavy (non-hydrogen) atoms. The number of hydrogen-bond acceptors (Lipinski definition) is 3. The number of hydrogen-bond donors (Lipinski definition) is 1. The lowest BCUT2D eigenvalue weighted by Crippen LogP contribution is -2.49. The molecule has 0 heterocycles. The topological polar surface area (TPSA) is 58.6 Å². The molecule has 2 aromatic rings. The molecule has 2 rings (SSSR count). The number of nitrogens with one attached hydrogen (secondary N) is 1. The highest BCUT2D eigenvalue weighted by Gasteiger charge is 2.28. The minimum Gasteiger partial charge on any atom is -0.494 e. The summed E-state index contributed by atoms with van der Waals surface area (Å²) in [5.41, 5.74) is 0.787. The Balaban J connectivity index is 2.02. The van der Waals surface area contributed by atoms with Gasteiger partial charge < -0.3 is 15.0 Å². The van der Waals surface area contributed by atoms with Crippen LogP contribution in [0.1, 0.15) is 51.5 Å². The van der Waals surface area contributed by atoms with Crippen molar-refractivity contribution < 1.29 is 18.7 Å². The largest absolute Gasteiger partial charge is 0.494 e. The monoisotopic (exact) mass is 428 g/mol. The second kappa shape index (κ2) is 13.4. The number of halogens is 1. The molecule has 1 atom stereocenters. The zero-order valence-corrected chi connectivity index (χ0v) is 18.5. The number of carbonyl (C=O) groups is 2. The first-order chi connectivity index (χ1) is 15.0. The Morgan fingerprint density at radius 3 is 2.39 bits per heavy atom. The molecule has 2 aromatic carbocycles. The third-order valence-corrected chi connectivity index (χ3v) is 5.03. The van der Waals surface area contributed by atoms with Gasteiger partial charge >= 0.3 is 0 Å². The van der Waals surface area contributed by atoms with Gasteiger partial charge in [-0.05, 0) is 49.1 Å². The predicted molar refractivity (Wildman–Crippen MR) is 120 cm³/mol. The Morgan fingerprint density at radius 1 is 1.03 bits per heavy atom. The van der Waals surface area contributed by atoms with E-state index in [1.54, 1.807) is 17.0 Å². The molecule has 0 saturated carbocycles. The van der Waals surface area contributed by atoms with E-state index in [1.165, 1.54) is 12.1 Å². The van der Waals surface area contributed by atoms with Crippen LogP contribution in [0.2, 0.25) is 0 Å². The Kier molecular flexibility index (Phi) is 10.6. The SMILES string of the molecule is CCCCNC(=O)[C@@H](CC)N(Cc1ccc(F)cc1)C(=O)CCCOc1ccccc1. The van der Waals surface area contributed by atoms with Gasteiger partial charge in [-0.15, -0.1) is 0 Å². The van der Waals surface area contributed by atoms with Crippen LogP contribution in [0.4, 0.5) is 4.39 Å². The molecule has 0 saturated heterocycles. The summed E-state index contributed by atoms with van der Waals surface area (Å²) in [5.74, 6) is 0.175. The second-order valence-corrected chi connectivity index (χ2v) is 7.48. The highest BCUT2D eigenvalue weighted by atomic mass is 19.1. The summed E-state index contributed by atoms with van der Waals surface area (Å²) in [6, 6.07) is 14.9. The molecule has 0 aliphatic heterocycles. The molecule has 0 fully saturated rings. The predicted octanol–water partition coefficient (Wildman–Crippen LogP) is 4.71. The van der Waals surface area contributed by atoms with Crippen LogP contribution < -0.4 is 10.1 Å². The number of rotatable bonds is 13. The normalized spacial score (nSPS) is 11.6. The Hall–Kier alpha value is -2.89. The average Bonchev–Trinajstić information content (AvgIpc) is 2.78. The molecule has 0 bridgehead atoms. The van der Waals surface area contributed by atoms with Crippen LogP contribution in [0.3, 0.4) is 0 Å².